The molecule has 0 aromatic carbocycles. The van der Waals surface area contributed by atoms with E-state index < -0.39 is 0 Å². The fraction of sp³-hybridized carbons (Fsp3) is 0.455. The Bertz CT molecular complexity index is 432. The second-order valence-electron chi connectivity index (χ2n) is 6.70. The molecule has 0 heteroatoms. The van der Waals surface area contributed by atoms with Crippen LogP contribution in [0, 0.1) is 16.7 Å². The van der Waals surface area contributed by atoms with Gasteiger partial charge >= 0.3 is 0 Å². The van der Waals surface area contributed by atoms with Crippen molar-refractivity contribution in [1.82, 2.24) is 0 Å². The van der Waals surface area contributed by atoms with Crippen LogP contribution in [-0.2, 0) is 0 Å². The van der Waals surface area contributed by atoms with Crippen LogP contribution >= 0.6 is 0 Å². The zero-order valence-electron chi connectivity index (χ0n) is 14.0. The van der Waals surface area contributed by atoms with Crippen molar-refractivity contribution >= 4 is 0 Å². The second kappa shape index (κ2) is 7.63. The minimum Gasteiger partial charge on any atom is -0.103 e. The van der Waals surface area contributed by atoms with Crippen molar-refractivity contribution in [1.29, 1.82) is 0 Å². The molecule has 0 aromatic heterocycles. The molecule has 0 aromatic rings. The Kier molecular flexibility index (Phi) is 5.83. The van der Waals surface area contributed by atoms with E-state index in [0.29, 0.717) is 5.92 Å². The van der Waals surface area contributed by atoms with Gasteiger partial charge in [0, 0.05) is 10.8 Å². The monoisotopic (exact) mass is 294 g/mol. The Morgan fingerprint density at radius 1 is 0.818 bits per heavy atom. The fourth-order valence-corrected chi connectivity index (χ4v) is 4.21. The second-order valence-corrected chi connectivity index (χ2v) is 6.70. The van der Waals surface area contributed by atoms with E-state index in [4.69, 9.17) is 0 Å². The van der Waals surface area contributed by atoms with Gasteiger partial charge in [0.1, 0.15) is 0 Å². The van der Waals surface area contributed by atoms with Crippen molar-refractivity contribution in [2.24, 2.45) is 16.7 Å². The molecule has 0 unspecified atom stereocenters. The molecule has 0 saturated heterocycles. The SMILES string of the molecule is C=CCC1(C(CCCCC)C2(CC=C)C=CC=C2)C=CC=C1. The van der Waals surface area contributed by atoms with Crippen molar-refractivity contribution < 1.29 is 0 Å². The summed E-state index contributed by atoms with van der Waals surface area (Å²) in [5, 5.41) is 0. The maximum absolute atomic E-state index is 4.02. The zero-order valence-corrected chi connectivity index (χ0v) is 14.0. The molecule has 2 rings (SSSR count). The molecule has 0 spiro atoms. The molecule has 0 heterocycles. The molecule has 0 atom stereocenters. The van der Waals surface area contributed by atoms with E-state index in [9.17, 15) is 0 Å². The molecular formula is C22H30. The van der Waals surface area contributed by atoms with Gasteiger partial charge in [-0.3, -0.25) is 0 Å². The van der Waals surface area contributed by atoms with Gasteiger partial charge < -0.3 is 0 Å². The number of allylic oxidation sites excluding steroid dienone is 10. The normalized spacial score (nSPS) is 20.1. The molecule has 0 fully saturated rings. The molecule has 0 radical (unpaired) electrons. The molecule has 0 amide bonds. The minimum atomic E-state index is 0.109. The third kappa shape index (κ3) is 3.27. The van der Waals surface area contributed by atoms with E-state index in [1.165, 1.54) is 25.7 Å². The van der Waals surface area contributed by atoms with Crippen molar-refractivity contribution in [3.05, 3.63) is 73.9 Å². The highest BCUT2D eigenvalue weighted by Crippen LogP contribution is 2.54. The van der Waals surface area contributed by atoms with Crippen molar-refractivity contribution in [3.63, 3.8) is 0 Å². The van der Waals surface area contributed by atoms with E-state index in [1.54, 1.807) is 0 Å². The maximum Gasteiger partial charge on any atom is 0.0141 e. The molecule has 0 N–H and O–H groups in total. The number of hydrogen-bond donors (Lipinski definition) is 0. The van der Waals surface area contributed by atoms with Crippen LogP contribution in [-0.4, -0.2) is 0 Å². The van der Waals surface area contributed by atoms with Crippen LogP contribution < -0.4 is 0 Å². The number of rotatable bonds is 10. The van der Waals surface area contributed by atoms with Gasteiger partial charge in [0.25, 0.3) is 0 Å². The summed E-state index contributed by atoms with van der Waals surface area (Å²) in [5.74, 6) is 0.563. The van der Waals surface area contributed by atoms with Crippen LogP contribution in [0.1, 0.15) is 45.4 Å². The maximum atomic E-state index is 4.02. The largest absolute Gasteiger partial charge is 0.103 e. The molecule has 0 saturated carbocycles. The summed E-state index contributed by atoms with van der Waals surface area (Å²) in [4.78, 5) is 0. The lowest BCUT2D eigenvalue weighted by atomic mass is 9.58. The van der Waals surface area contributed by atoms with Gasteiger partial charge in [-0.15, -0.1) is 13.2 Å². The van der Waals surface area contributed by atoms with E-state index in [1.807, 2.05) is 0 Å². The van der Waals surface area contributed by atoms with Crippen LogP contribution in [0.4, 0.5) is 0 Å². The predicted molar refractivity (Wildman–Crippen MR) is 98.7 cm³/mol. The van der Waals surface area contributed by atoms with Crippen LogP contribution in [0.2, 0.25) is 0 Å². The van der Waals surface area contributed by atoms with Gasteiger partial charge in [-0.1, -0.05) is 86.9 Å². The summed E-state index contributed by atoms with van der Waals surface area (Å²) in [6.45, 7) is 10.3. The summed E-state index contributed by atoms with van der Waals surface area (Å²) in [5.41, 5.74) is 0.217. The summed E-state index contributed by atoms with van der Waals surface area (Å²) in [6.07, 6.45) is 29.7. The Morgan fingerprint density at radius 2 is 1.27 bits per heavy atom. The molecular weight excluding hydrogens is 264 g/mol. The smallest absolute Gasteiger partial charge is 0.0141 e. The van der Waals surface area contributed by atoms with Crippen LogP contribution in [0.25, 0.3) is 0 Å². The highest BCUT2D eigenvalue weighted by molar-refractivity contribution is 5.35. The van der Waals surface area contributed by atoms with Gasteiger partial charge in [-0.25, -0.2) is 0 Å². The summed E-state index contributed by atoms with van der Waals surface area (Å²) < 4.78 is 0. The minimum absolute atomic E-state index is 0.109. The molecule has 0 bridgehead atoms. The Hall–Kier alpha value is -1.56. The molecule has 2 aliphatic carbocycles. The standard InChI is InChI=1S/C22H30/c1-4-7-8-13-20(21(14-5-2)16-9-10-17-21)22(15-6-3)18-11-12-19-22/h5-6,9-12,16-20H,2-4,7-8,13-15H2,1H3. The molecule has 0 nitrogen and oxygen atoms in total. The van der Waals surface area contributed by atoms with Crippen molar-refractivity contribution in [2.45, 2.75) is 45.4 Å². The lowest BCUT2D eigenvalue weighted by molar-refractivity contribution is 0.160. The quantitative estimate of drug-likeness (QED) is 0.316. The first-order chi connectivity index (χ1) is 10.7. The van der Waals surface area contributed by atoms with Crippen LogP contribution in [0.15, 0.2) is 73.9 Å². The zero-order chi connectivity index (χ0) is 15.9. The van der Waals surface area contributed by atoms with Crippen molar-refractivity contribution in [2.75, 3.05) is 0 Å². The first-order valence-corrected chi connectivity index (χ1v) is 8.69. The van der Waals surface area contributed by atoms with Gasteiger partial charge in [0.2, 0.25) is 0 Å². The topological polar surface area (TPSA) is 0 Å². The lowest BCUT2D eigenvalue weighted by Gasteiger charge is -2.45. The number of unbranched alkanes of at least 4 members (excludes halogenated alkanes) is 2. The average Bonchev–Trinajstić information content (AvgIpc) is 3.15. The predicted octanol–water partition coefficient (Wildman–Crippen LogP) is 6.56. The molecule has 118 valence electrons. The van der Waals surface area contributed by atoms with Gasteiger partial charge in [-0.2, -0.15) is 0 Å². The van der Waals surface area contributed by atoms with E-state index >= 15 is 0 Å². The molecule has 0 aliphatic heterocycles. The summed E-state index contributed by atoms with van der Waals surface area (Å²) in [6, 6.07) is 0. The highest BCUT2D eigenvalue weighted by Gasteiger charge is 2.45. The number of hydrogen-bond acceptors (Lipinski definition) is 0. The van der Waals surface area contributed by atoms with Gasteiger partial charge in [0.15, 0.2) is 0 Å². The van der Waals surface area contributed by atoms with Crippen LogP contribution in [0.3, 0.4) is 0 Å². The third-order valence-corrected chi connectivity index (χ3v) is 5.24. The van der Waals surface area contributed by atoms with Gasteiger partial charge in [-0.05, 0) is 25.2 Å². The Labute approximate surface area is 136 Å². The molecule has 2 aliphatic rings. The Morgan fingerprint density at radius 3 is 1.64 bits per heavy atom. The van der Waals surface area contributed by atoms with E-state index in [0.717, 1.165) is 12.8 Å². The molecule has 22 heavy (non-hydrogen) atoms. The first kappa shape index (κ1) is 16.8. The lowest BCUT2D eigenvalue weighted by Crippen LogP contribution is -2.37. The average molecular weight is 294 g/mol. The van der Waals surface area contributed by atoms with E-state index in [2.05, 4.69) is 80.8 Å². The Balaban J connectivity index is 2.36. The van der Waals surface area contributed by atoms with E-state index in [-0.39, 0.29) is 10.8 Å². The first-order valence-electron chi connectivity index (χ1n) is 8.69. The van der Waals surface area contributed by atoms with Gasteiger partial charge in [0.05, 0.1) is 0 Å². The van der Waals surface area contributed by atoms with Crippen molar-refractivity contribution in [3.8, 4) is 0 Å². The third-order valence-electron chi connectivity index (χ3n) is 5.24. The summed E-state index contributed by atoms with van der Waals surface area (Å²) >= 11 is 0. The highest BCUT2D eigenvalue weighted by atomic mass is 14.5. The fourth-order valence-electron chi connectivity index (χ4n) is 4.21. The summed E-state index contributed by atoms with van der Waals surface area (Å²) in [7, 11) is 0. The van der Waals surface area contributed by atoms with Crippen LogP contribution in [0.5, 0.6) is 0 Å².